The van der Waals surface area contributed by atoms with E-state index in [-0.39, 0.29) is 59.5 Å². The zero-order valence-electron chi connectivity index (χ0n) is 13.9. The Kier molecular flexibility index (Phi) is 6.42. The van der Waals surface area contributed by atoms with Crippen molar-refractivity contribution in [2.24, 2.45) is 28.7 Å². The number of fused-ring (bicyclic) bond motifs is 5. The lowest BCUT2D eigenvalue weighted by Crippen LogP contribution is -2.39. The second-order valence-corrected chi connectivity index (χ2v) is 6.26. The van der Waals surface area contributed by atoms with Crippen LogP contribution < -0.4 is 10.6 Å². The number of hydrogen-bond donors (Lipinski definition) is 2. The van der Waals surface area contributed by atoms with Gasteiger partial charge in [0, 0.05) is 19.6 Å². The molecule has 2 bridgehead atoms. The van der Waals surface area contributed by atoms with Crippen molar-refractivity contribution < 1.29 is 9.59 Å². The fourth-order valence-electron chi connectivity index (χ4n) is 3.96. The van der Waals surface area contributed by atoms with Crippen LogP contribution in [0.25, 0.3) is 0 Å². The quantitative estimate of drug-likeness (QED) is 0.212. The molecule has 24 heavy (non-hydrogen) atoms. The number of likely N-dealkylation sites (tertiary alicyclic amines) is 1. The highest BCUT2D eigenvalue weighted by atomic mass is 127. The third-order valence-electron chi connectivity index (χ3n) is 4.91. The van der Waals surface area contributed by atoms with Gasteiger partial charge in [0.25, 0.3) is 0 Å². The minimum Gasteiger partial charge on any atom is -0.357 e. The largest absolute Gasteiger partial charge is 0.357 e. The summed E-state index contributed by atoms with van der Waals surface area (Å²) >= 11 is 0. The van der Waals surface area contributed by atoms with Gasteiger partial charge in [-0.05, 0) is 25.2 Å². The lowest BCUT2D eigenvalue weighted by molar-refractivity contribution is -0.140. The fourth-order valence-corrected chi connectivity index (χ4v) is 3.96. The average Bonchev–Trinajstić information content (AvgIpc) is 3.21. The monoisotopic (exact) mass is 444 g/mol. The molecule has 4 unspecified atom stereocenters. The Hall–Kier alpha value is -1.38. The van der Waals surface area contributed by atoms with E-state index in [9.17, 15) is 9.59 Å². The highest BCUT2D eigenvalue weighted by Gasteiger charge is 2.58. The molecule has 0 aromatic carbocycles. The summed E-state index contributed by atoms with van der Waals surface area (Å²) in [6.07, 6.45) is 6.95. The third-order valence-corrected chi connectivity index (χ3v) is 4.91. The van der Waals surface area contributed by atoms with E-state index >= 15 is 0 Å². The molecule has 1 heterocycles. The Morgan fingerprint density at radius 3 is 2.46 bits per heavy atom. The number of carbonyl (C=O) groups excluding carboxylic acids is 2. The molecule has 2 amide bonds. The predicted octanol–water partition coefficient (Wildman–Crippen LogP) is 1.15. The summed E-state index contributed by atoms with van der Waals surface area (Å²) in [5.74, 6) is 0.964. The number of nitrogens with one attached hydrogen (secondary N) is 2. The smallest absolute Gasteiger partial charge is 0.233 e. The van der Waals surface area contributed by atoms with E-state index in [2.05, 4.69) is 34.4 Å². The summed E-state index contributed by atoms with van der Waals surface area (Å²) in [6.45, 7) is 7.78. The number of guanidine groups is 1. The Bertz CT molecular complexity index is 545. The minimum absolute atomic E-state index is 0. The Morgan fingerprint density at radius 2 is 1.92 bits per heavy atom. The molecule has 3 aliphatic rings. The van der Waals surface area contributed by atoms with Crippen LogP contribution in [0, 0.1) is 23.7 Å². The van der Waals surface area contributed by atoms with Crippen molar-refractivity contribution in [1.82, 2.24) is 15.5 Å². The number of carbonyl (C=O) groups is 2. The molecule has 1 saturated heterocycles. The SMILES string of the molecule is C=CCNC(=NCCN1C(=O)C2C3C=CC(C3)C2C1=O)NCC.I. The number of halogens is 1. The number of rotatable bonds is 6. The number of aliphatic imine (C=N–C) groups is 1. The molecule has 0 radical (unpaired) electrons. The van der Waals surface area contributed by atoms with E-state index in [1.807, 2.05) is 6.92 Å². The topological polar surface area (TPSA) is 73.8 Å². The van der Waals surface area contributed by atoms with Crippen molar-refractivity contribution in [2.45, 2.75) is 13.3 Å². The van der Waals surface area contributed by atoms with Gasteiger partial charge in [0.1, 0.15) is 0 Å². The van der Waals surface area contributed by atoms with Crippen LogP contribution in [-0.4, -0.2) is 48.9 Å². The molecule has 1 aliphatic heterocycles. The minimum atomic E-state index is -0.117. The van der Waals surface area contributed by atoms with Crippen molar-refractivity contribution in [2.75, 3.05) is 26.2 Å². The maximum Gasteiger partial charge on any atom is 0.233 e. The fraction of sp³-hybridized carbons (Fsp3) is 0.588. The first-order valence-corrected chi connectivity index (χ1v) is 8.34. The second kappa shape index (κ2) is 8.13. The Labute approximate surface area is 159 Å². The number of hydrogen-bond acceptors (Lipinski definition) is 3. The number of nitrogens with zero attached hydrogens (tertiary/aromatic N) is 2. The molecule has 0 aromatic heterocycles. The first-order chi connectivity index (χ1) is 11.2. The van der Waals surface area contributed by atoms with E-state index in [1.165, 1.54) is 4.90 Å². The zero-order valence-corrected chi connectivity index (χ0v) is 16.2. The molecular formula is C17H25IN4O2. The highest BCUT2D eigenvalue weighted by Crippen LogP contribution is 2.52. The molecule has 6 nitrogen and oxygen atoms in total. The molecule has 4 atom stereocenters. The van der Waals surface area contributed by atoms with Gasteiger partial charge in [0.05, 0.1) is 18.4 Å². The molecule has 2 fully saturated rings. The molecule has 1 saturated carbocycles. The van der Waals surface area contributed by atoms with Gasteiger partial charge < -0.3 is 10.6 Å². The molecule has 2 N–H and O–H groups in total. The summed E-state index contributed by atoms with van der Waals surface area (Å²) in [5, 5.41) is 6.23. The van der Waals surface area contributed by atoms with Gasteiger partial charge in [-0.3, -0.25) is 19.5 Å². The molecule has 0 spiro atoms. The number of imide groups is 1. The Morgan fingerprint density at radius 1 is 1.29 bits per heavy atom. The lowest BCUT2D eigenvalue weighted by atomic mass is 9.85. The van der Waals surface area contributed by atoms with Crippen molar-refractivity contribution in [1.29, 1.82) is 0 Å². The summed E-state index contributed by atoms with van der Waals surface area (Å²) in [7, 11) is 0. The van der Waals surface area contributed by atoms with E-state index in [1.54, 1.807) is 6.08 Å². The van der Waals surface area contributed by atoms with Gasteiger partial charge >= 0.3 is 0 Å². The van der Waals surface area contributed by atoms with Crippen LogP contribution >= 0.6 is 24.0 Å². The molecule has 3 rings (SSSR count). The first-order valence-electron chi connectivity index (χ1n) is 8.34. The van der Waals surface area contributed by atoms with E-state index in [0.29, 0.717) is 25.6 Å². The van der Waals surface area contributed by atoms with Crippen LogP contribution in [0.5, 0.6) is 0 Å². The molecule has 132 valence electrons. The van der Waals surface area contributed by atoms with Gasteiger partial charge in [-0.1, -0.05) is 18.2 Å². The third kappa shape index (κ3) is 3.36. The van der Waals surface area contributed by atoms with E-state index in [0.717, 1.165) is 13.0 Å². The van der Waals surface area contributed by atoms with Gasteiger partial charge in [0.15, 0.2) is 5.96 Å². The van der Waals surface area contributed by atoms with Crippen LogP contribution in [0.4, 0.5) is 0 Å². The van der Waals surface area contributed by atoms with Crippen LogP contribution in [0.3, 0.4) is 0 Å². The summed E-state index contributed by atoms with van der Waals surface area (Å²) in [6, 6.07) is 0. The van der Waals surface area contributed by atoms with Crippen LogP contribution in [0.2, 0.25) is 0 Å². The molecule has 2 aliphatic carbocycles. The van der Waals surface area contributed by atoms with Gasteiger partial charge in [-0.15, -0.1) is 30.6 Å². The summed E-state index contributed by atoms with van der Waals surface area (Å²) in [5.41, 5.74) is 0. The van der Waals surface area contributed by atoms with Crippen molar-refractivity contribution in [3.05, 3.63) is 24.8 Å². The first kappa shape index (κ1) is 19.0. The predicted molar refractivity (Wildman–Crippen MR) is 104 cm³/mol. The zero-order chi connectivity index (χ0) is 16.4. The maximum atomic E-state index is 12.5. The molecule has 7 heteroatoms. The molecular weight excluding hydrogens is 419 g/mol. The van der Waals surface area contributed by atoms with Crippen molar-refractivity contribution in [3.8, 4) is 0 Å². The van der Waals surface area contributed by atoms with Gasteiger partial charge in [-0.25, -0.2) is 0 Å². The molecule has 0 aromatic rings. The summed E-state index contributed by atoms with van der Waals surface area (Å²) < 4.78 is 0. The normalized spacial score (nSPS) is 30.4. The van der Waals surface area contributed by atoms with Gasteiger partial charge in [-0.2, -0.15) is 0 Å². The highest BCUT2D eigenvalue weighted by molar-refractivity contribution is 14.0. The second-order valence-electron chi connectivity index (χ2n) is 6.26. The number of allylic oxidation sites excluding steroid dienone is 2. The van der Waals surface area contributed by atoms with E-state index in [4.69, 9.17) is 0 Å². The van der Waals surface area contributed by atoms with Gasteiger partial charge in [0.2, 0.25) is 11.8 Å². The van der Waals surface area contributed by atoms with Crippen LogP contribution in [0.1, 0.15) is 13.3 Å². The maximum absolute atomic E-state index is 12.5. The van der Waals surface area contributed by atoms with E-state index < -0.39 is 0 Å². The summed E-state index contributed by atoms with van der Waals surface area (Å²) in [4.78, 5) is 30.9. The lowest BCUT2D eigenvalue weighted by Gasteiger charge is -2.16. The average molecular weight is 444 g/mol. The van der Waals surface area contributed by atoms with Crippen LogP contribution in [-0.2, 0) is 9.59 Å². The van der Waals surface area contributed by atoms with Crippen molar-refractivity contribution >= 4 is 41.8 Å². The standard InChI is InChI=1S/C17H24N4O2.HI/c1-3-7-19-17(18-4-2)20-8-9-21-15(22)13-11-5-6-12(10-11)14(13)16(21)23;/h3,5-6,11-14H,1,4,7-10H2,2H3,(H2,18,19,20);1H. The van der Waals surface area contributed by atoms with Crippen molar-refractivity contribution in [3.63, 3.8) is 0 Å². The Balaban J connectivity index is 0.00000208. The van der Waals surface area contributed by atoms with Crippen LogP contribution in [0.15, 0.2) is 29.8 Å². The number of amides is 2.